The van der Waals surface area contributed by atoms with E-state index in [1.807, 2.05) is 55.6 Å². The number of hydrogen-bond donors (Lipinski definition) is 1. The second-order valence-corrected chi connectivity index (χ2v) is 6.61. The van der Waals surface area contributed by atoms with E-state index < -0.39 is 0 Å². The Kier molecular flexibility index (Phi) is 3.25. The molecule has 1 unspecified atom stereocenters. The predicted molar refractivity (Wildman–Crippen MR) is 96.0 cm³/mol. The largest absolute Gasteiger partial charge is 0.454 e. The lowest BCUT2D eigenvalue weighted by Crippen LogP contribution is -2.24. The summed E-state index contributed by atoms with van der Waals surface area (Å²) in [5.74, 6) is 2.11. The topological polar surface area (TPSA) is 65.4 Å². The minimum Gasteiger partial charge on any atom is -0.454 e. The molecule has 1 amide bonds. The average molecular weight is 347 g/mol. The summed E-state index contributed by atoms with van der Waals surface area (Å²) in [6.07, 6.45) is 2.22. The fourth-order valence-corrected chi connectivity index (χ4v) is 3.53. The summed E-state index contributed by atoms with van der Waals surface area (Å²) in [5.41, 5.74) is 4.12. The van der Waals surface area contributed by atoms with E-state index in [1.54, 1.807) is 4.68 Å². The molecule has 0 aliphatic carbocycles. The molecule has 6 nitrogen and oxygen atoms in total. The van der Waals surface area contributed by atoms with Crippen LogP contribution in [0.5, 0.6) is 11.5 Å². The molecular formula is C20H17N3O3. The summed E-state index contributed by atoms with van der Waals surface area (Å²) in [7, 11) is 0. The van der Waals surface area contributed by atoms with E-state index in [0.29, 0.717) is 6.42 Å². The third kappa shape index (κ3) is 2.34. The van der Waals surface area contributed by atoms with Crippen LogP contribution in [-0.2, 0) is 4.79 Å². The van der Waals surface area contributed by atoms with Gasteiger partial charge in [-0.2, -0.15) is 5.10 Å². The first-order valence-corrected chi connectivity index (χ1v) is 8.53. The maximum Gasteiger partial charge on any atom is 0.231 e. The van der Waals surface area contributed by atoms with Crippen molar-refractivity contribution < 1.29 is 14.3 Å². The highest BCUT2D eigenvalue weighted by molar-refractivity contribution is 5.94. The molecule has 0 spiro atoms. The van der Waals surface area contributed by atoms with Crippen LogP contribution in [0, 0.1) is 6.92 Å². The van der Waals surface area contributed by atoms with Crippen LogP contribution in [0.1, 0.15) is 29.0 Å². The lowest BCUT2D eigenvalue weighted by molar-refractivity contribution is -0.116. The molecule has 1 N–H and O–H groups in total. The van der Waals surface area contributed by atoms with E-state index in [1.165, 1.54) is 5.56 Å². The molecule has 3 heterocycles. The van der Waals surface area contributed by atoms with Crippen molar-refractivity contribution in [3.63, 3.8) is 0 Å². The lowest BCUT2D eigenvalue weighted by atomic mass is 9.87. The van der Waals surface area contributed by atoms with Gasteiger partial charge in [-0.05, 0) is 36.8 Å². The molecule has 0 saturated heterocycles. The zero-order valence-electron chi connectivity index (χ0n) is 14.2. The fourth-order valence-electron chi connectivity index (χ4n) is 3.53. The Morgan fingerprint density at radius 1 is 1.12 bits per heavy atom. The number of aromatic nitrogens is 2. The molecule has 130 valence electrons. The maximum absolute atomic E-state index is 12.4. The molecule has 1 atom stereocenters. The van der Waals surface area contributed by atoms with Gasteiger partial charge in [0, 0.05) is 17.9 Å². The first-order chi connectivity index (χ1) is 12.7. The van der Waals surface area contributed by atoms with E-state index in [4.69, 9.17) is 9.47 Å². The van der Waals surface area contributed by atoms with Gasteiger partial charge in [-0.25, -0.2) is 4.68 Å². The van der Waals surface area contributed by atoms with Gasteiger partial charge in [-0.3, -0.25) is 4.79 Å². The van der Waals surface area contributed by atoms with Crippen molar-refractivity contribution in [3.05, 3.63) is 65.4 Å². The van der Waals surface area contributed by atoms with Gasteiger partial charge in [0.05, 0.1) is 11.9 Å². The number of nitrogens with zero attached hydrogens (tertiary/aromatic N) is 2. The zero-order chi connectivity index (χ0) is 17.7. The number of aryl methyl sites for hydroxylation is 1. The highest BCUT2D eigenvalue weighted by Gasteiger charge is 2.31. The van der Waals surface area contributed by atoms with Gasteiger partial charge in [0.25, 0.3) is 0 Å². The molecule has 0 saturated carbocycles. The highest BCUT2D eigenvalue weighted by Crippen LogP contribution is 2.41. The van der Waals surface area contributed by atoms with Crippen LogP contribution in [-0.4, -0.2) is 22.5 Å². The third-order valence-corrected chi connectivity index (χ3v) is 4.90. The van der Waals surface area contributed by atoms with Crippen molar-refractivity contribution in [1.29, 1.82) is 0 Å². The second kappa shape index (κ2) is 5.62. The number of carbonyl (C=O) groups is 1. The van der Waals surface area contributed by atoms with E-state index in [0.717, 1.165) is 34.1 Å². The van der Waals surface area contributed by atoms with Crippen LogP contribution in [0.25, 0.3) is 5.69 Å². The van der Waals surface area contributed by atoms with Gasteiger partial charge >= 0.3 is 0 Å². The average Bonchev–Trinajstić information content (AvgIpc) is 3.27. The van der Waals surface area contributed by atoms with Crippen molar-refractivity contribution in [3.8, 4) is 17.2 Å². The van der Waals surface area contributed by atoms with Crippen LogP contribution in [0.4, 0.5) is 5.82 Å². The van der Waals surface area contributed by atoms with Gasteiger partial charge in [0.15, 0.2) is 11.5 Å². The van der Waals surface area contributed by atoms with Gasteiger partial charge in [-0.15, -0.1) is 0 Å². The Bertz CT molecular complexity index is 1010. The SMILES string of the molecule is Cc1ccc(-n2ncc3c2NC(=O)CC3c2ccc3c(c2)OCO3)cc1. The number of rotatable bonds is 2. The van der Waals surface area contributed by atoms with Crippen LogP contribution < -0.4 is 14.8 Å². The molecule has 26 heavy (non-hydrogen) atoms. The number of carbonyl (C=O) groups excluding carboxylic acids is 1. The molecule has 1 aromatic heterocycles. The Morgan fingerprint density at radius 2 is 1.92 bits per heavy atom. The first-order valence-electron chi connectivity index (χ1n) is 8.53. The molecule has 3 aromatic rings. The summed E-state index contributed by atoms with van der Waals surface area (Å²) in [6, 6.07) is 13.9. The zero-order valence-corrected chi connectivity index (χ0v) is 14.2. The van der Waals surface area contributed by atoms with Crippen molar-refractivity contribution in [2.24, 2.45) is 0 Å². The van der Waals surface area contributed by atoms with Crippen LogP contribution in [0.15, 0.2) is 48.7 Å². The Morgan fingerprint density at radius 3 is 2.77 bits per heavy atom. The van der Waals surface area contributed by atoms with Crippen molar-refractivity contribution in [2.75, 3.05) is 12.1 Å². The molecule has 5 rings (SSSR count). The smallest absolute Gasteiger partial charge is 0.231 e. The molecule has 2 aliphatic heterocycles. The van der Waals surface area contributed by atoms with E-state index >= 15 is 0 Å². The number of fused-ring (bicyclic) bond motifs is 2. The molecule has 2 aromatic carbocycles. The highest BCUT2D eigenvalue weighted by atomic mass is 16.7. The number of hydrogen-bond acceptors (Lipinski definition) is 4. The van der Waals surface area contributed by atoms with Gasteiger partial charge in [0.1, 0.15) is 5.82 Å². The van der Waals surface area contributed by atoms with Crippen LogP contribution in [0.2, 0.25) is 0 Å². The minimum absolute atomic E-state index is 0.0194. The van der Waals surface area contributed by atoms with Gasteiger partial charge in [0.2, 0.25) is 12.7 Å². The van der Waals surface area contributed by atoms with E-state index in [2.05, 4.69) is 10.4 Å². The number of amides is 1. The van der Waals surface area contributed by atoms with Crippen LogP contribution >= 0.6 is 0 Å². The van der Waals surface area contributed by atoms with Crippen molar-refractivity contribution in [1.82, 2.24) is 9.78 Å². The molecule has 0 fully saturated rings. The molecular weight excluding hydrogens is 330 g/mol. The van der Waals surface area contributed by atoms with E-state index in [-0.39, 0.29) is 18.6 Å². The van der Waals surface area contributed by atoms with Gasteiger partial charge < -0.3 is 14.8 Å². The van der Waals surface area contributed by atoms with Crippen LogP contribution in [0.3, 0.4) is 0 Å². The van der Waals surface area contributed by atoms with Crippen molar-refractivity contribution in [2.45, 2.75) is 19.3 Å². The summed E-state index contributed by atoms with van der Waals surface area (Å²) < 4.78 is 12.7. The third-order valence-electron chi connectivity index (χ3n) is 4.90. The number of benzene rings is 2. The summed E-state index contributed by atoms with van der Waals surface area (Å²) >= 11 is 0. The lowest BCUT2D eigenvalue weighted by Gasteiger charge is -2.24. The Hall–Kier alpha value is -3.28. The fraction of sp³-hybridized carbons (Fsp3) is 0.200. The summed E-state index contributed by atoms with van der Waals surface area (Å²) in [5, 5.41) is 7.51. The molecule has 2 aliphatic rings. The van der Waals surface area contributed by atoms with Crippen molar-refractivity contribution >= 4 is 11.7 Å². The Labute approximate surface area is 150 Å². The number of anilines is 1. The number of ether oxygens (including phenoxy) is 2. The summed E-state index contributed by atoms with van der Waals surface area (Å²) in [4.78, 5) is 12.4. The molecule has 0 bridgehead atoms. The Balaban J connectivity index is 1.59. The standard InChI is InChI=1S/C20H17N3O3/c1-12-2-5-14(6-3-12)23-20-16(10-21-23)15(9-19(24)22-20)13-4-7-17-18(8-13)26-11-25-17/h2-8,10,15H,9,11H2,1H3,(H,22,24). The second-order valence-electron chi connectivity index (χ2n) is 6.61. The molecule has 6 heteroatoms. The quantitative estimate of drug-likeness (QED) is 0.772. The predicted octanol–water partition coefficient (Wildman–Crippen LogP) is 3.38. The normalized spacial score (nSPS) is 17.7. The number of nitrogens with one attached hydrogen (secondary N) is 1. The molecule has 0 radical (unpaired) electrons. The maximum atomic E-state index is 12.4. The first kappa shape index (κ1) is 15.0. The summed E-state index contributed by atoms with van der Waals surface area (Å²) in [6.45, 7) is 2.28. The minimum atomic E-state index is -0.0625. The monoisotopic (exact) mass is 347 g/mol. The van der Waals surface area contributed by atoms with E-state index in [9.17, 15) is 4.79 Å². The van der Waals surface area contributed by atoms with Gasteiger partial charge in [-0.1, -0.05) is 23.8 Å².